The van der Waals surface area contributed by atoms with E-state index >= 15 is 0 Å². The van der Waals surface area contributed by atoms with Crippen molar-refractivity contribution in [3.05, 3.63) is 30.1 Å². The van der Waals surface area contributed by atoms with Gasteiger partial charge in [0.1, 0.15) is 11.4 Å². The lowest BCUT2D eigenvalue weighted by Crippen LogP contribution is -2.35. The zero-order valence-electron chi connectivity index (χ0n) is 15.9. The van der Waals surface area contributed by atoms with Gasteiger partial charge in [0, 0.05) is 13.5 Å². The van der Waals surface area contributed by atoms with E-state index in [1.807, 2.05) is 45.0 Å². The number of nitrogens with zero attached hydrogens (tertiary/aromatic N) is 1. The number of fused-ring (bicyclic) bond motifs is 1. The molecule has 0 aliphatic carbocycles. The summed E-state index contributed by atoms with van der Waals surface area (Å²) < 4.78 is 5.37. The maximum atomic E-state index is 12.2. The molecule has 2 rings (SSSR count). The molecule has 7 nitrogen and oxygen atoms in total. The van der Waals surface area contributed by atoms with E-state index in [1.165, 1.54) is 6.92 Å². The van der Waals surface area contributed by atoms with Crippen LogP contribution in [0.4, 0.5) is 4.79 Å². The fraction of sp³-hybridized carbons (Fsp3) is 0.526. The Morgan fingerprint density at radius 3 is 2.62 bits per heavy atom. The van der Waals surface area contributed by atoms with Crippen LogP contribution in [0.2, 0.25) is 0 Å². The highest BCUT2D eigenvalue weighted by Gasteiger charge is 2.22. The van der Waals surface area contributed by atoms with E-state index in [-0.39, 0.29) is 11.9 Å². The quantitative estimate of drug-likeness (QED) is 0.659. The predicted molar refractivity (Wildman–Crippen MR) is 101 cm³/mol. The Balaban J connectivity index is 2.05. The number of aromatic nitrogens is 2. The van der Waals surface area contributed by atoms with Crippen molar-refractivity contribution in [1.82, 2.24) is 20.6 Å². The van der Waals surface area contributed by atoms with Crippen molar-refractivity contribution < 1.29 is 14.3 Å². The molecule has 0 aliphatic rings. The van der Waals surface area contributed by atoms with E-state index < -0.39 is 11.7 Å². The highest BCUT2D eigenvalue weighted by molar-refractivity contribution is 5.75. The second-order valence-corrected chi connectivity index (χ2v) is 7.32. The van der Waals surface area contributed by atoms with Crippen molar-refractivity contribution in [3.63, 3.8) is 0 Å². The van der Waals surface area contributed by atoms with Crippen molar-refractivity contribution in [2.24, 2.45) is 0 Å². The number of carbonyl (C=O) groups excluding carboxylic acids is 2. The van der Waals surface area contributed by atoms with Crippen LogP contribution in [0.3, 0.4) is 0 Å². The molecule has 7 heteroatoms. The van der Waals surface area contributed by atoms with E-state index in [0.717, 1.165) is 23.9 Å². The second kappa shape index (κ2) is 8.69. The number of hydrogen-bond donors (Lipinski definition) is 3. The Hall–Kier alpha value is -2.57. The number of alkyl carbamates (subject to hydrolysis) is 1. The van der Waals surface area contributed by atoms with E-state index in [2.05, 4.69) is 20.6 Å². The molecule has 1 heterocycles. The maximum absolute atomic E-state index is 12.2. The van der Waals surface area contributed by atoms with Gasteiger partial charge in [0.15, 0.2) is 0 Å². The van der Waals surface area contributed by atoms with Crippen molar-refractivity contribution in [1.29, 1.82) is 0 Å². The van der Waals surface area contributed by atoms with Gasteiger partial charge in [-0.25, -0.2) is 9.78 Å². The minimum Gasteiger partial charge on any atom is -0.444 e. The number of H-pyrrole nitrogens is 1. The van der Waals surface area contributed by atoms with E-state index in [1.54, 1.807) is 0 Å². The van der Waals surface area contributed by atoms with Crippen molar-refractivity contribution in [2.75, 3.05) is 6.54 Å². The molecule has 1 aromatic carbocycles. The van der Waals surface area contributed by atoms with Gasteiger partial charge in [-0.2, -0.15) is 0 Å². The number of carbonyl (C=O) groups is 2. The largest absolute Gasteiger partial charge is 0.444 e. The summed E-state index contributed by atoms with van der Waals surface area (Å²) in [6, 6.07) is 7.46. The van der Waals surface area contributed by atoms with E-state index in [4.69, 9.17) is 4.74 Å². The van der Waals surface area contributed by atoms with Crippen LogP contribution in [0.5, 0.6) is 0 Å². The fourth-order valence-electron chi connectivity index (χ4n) is 2.60. The third kappa shape index (κ3) is 6.38. The first-order valence-corrected chi connectivity index (χ1v) is 8.93. The smallest absolute Gasteiger partial charge is 0.408 e. The number of para-hydroxylation sites is 2. The molecule has 26 heavy (non-hydrogen) atoms. The van der Waals surface area contributed by atoms with E-state index in [0.29, 0.717) is 18.8 Å². The van der Waals surface area contributed by atoms with Gasteiger partial charge in [0.25, 0.3) is 0 Å². The summed E-state index contributed by atoms with van der Waals surface area (Å²) in [4.78, 5) is 31.0. The SMILES string of the molecule is CC(=O)NCCCC[C@H](NC(=O)OC(C)(C)C)c1nc2ccccc2[nH]1. The van der Waals surface area contributed by atoms with Gasteiger partial charge in [0.2, 0.25) is 5.91 Å². The molecule has 0 saturated carbocycles. The van der Waals surface area contributed by atoms with Crippen LogP contribution in [0.1, 0.15) is 58.8 Å². The lowest BCUT2D eigenvalue weighted by Gasteiger charge is -2.23. The van der Waals surface area contributed by atoms with Crippen LogP contribution in [0.25, 0.3) is 11.0 Å². The lowest BCUT2D eigenvalue weighted by molar-refractivity contribution is -0.118. The van der Waals surface area contributed by atoms with Crippen LogP contribution < -0.4 is 10.6 Å². The zero-order chi connectivity index (χ0) is 19.2. The molecular weight excluding hydrogens is 332 g/mol. The van der Waals surface area contributed by atoms with Crippen molar-refractivity contribution in [2.45, 2.75) is 58.6 Å². The predicted octanol–water partition coefficient (Wildman–Crippen LogP) is 3.44. The topological polar surface area (TPSA) is 96.1 Å². The van der Waals surface area contributed by atoms with Crippen molar-refractivity contribution >= 4 is 23.0 Å². The fourth-order valence-corrected chi connectivity index (χ4v) is 2.60. The number of benzene rings is 1. The first-order chi connectivity index (χ1) is 12.2. The number of hydrogen-bond acceptors (Lipinski definition) is 4. The summed E-state index contributed by atoms with van der Waals surface area (Å²) in [5.74, 6) is 0.669. The zero-order valence-corrected chi connectivity index (χ0v) is 15.9. The summed E-state index contributed by atoms with van der Waals surface area (Å²) in [6.07, 6.45) is 1.88. The third-order valence-corrected chi connectivity index (χ3v) is 3.72. The maximum Gasteiger partial charge on any atom is 0.408 e. The minimum atomic E-state index is -0.562. The molecule has 1 aromatic heterocycles. The van der Waals surface area contributed by atoms with Gasteiger partial charge < -0.3 is 20.4 Å². The first-order valence-electron chi connectivity index (χ1n) is 8.93. The number of imidazole rings is 1. The van der Waals surface area contributed by atoms with Crippen LogP contribution in [0.15, 0.2) is 24.3 Å². The molecule has 2 amide bonds. The molecule has 0 unspecified atom stereocenters. The van der Waals surface area contributed by atoms with Crippen LogP contribution in [-0.2, 0) is 9.53 Å². The molecule has 142 valence electrons. The van der Waals surface area contributed by atoms with Crippen LogP contribution in [-0.4, -0.2) is 34.1 Å². The molecule has 0 aliphatic heterocycles. The average Bonchev–Trinajstić information content (AvgIpc) is 2.95. The Morgan fingerprint density at radius 2 is 1.96 bits per heavy atom. The minimum absolute atomic E-state index is 0.0364. The van der Waals surface area contributed by atoms with E-state index in [9.17, 15) is 9.59 Å². The summed E-state index contributed by atoms with van der Waals surface area (Å²) in [5.41, 5.74) is 1.22. The molecular formula is C19H28N4O3. The van der Waals surface area contributed by atoms with Crippen molar-refractivity contribution in [3.8, 4) is 0 Å². The van der Waals surface area contributed by atoms with Gasteiger partial charge in [-0.05, 0) is 52.2 Å². The molecule has 0 fully saturated rings. The molecule has 2 aromatic rings. The molecule has 0 spiro atoms. The summed E-state index contributed by atoms with van der Waals surface area (Å²) in [7, 11) is 0. The number of rotatable bonds is 7. The van der Waals surface area contributed by atoms with Crippen LogP contribution >= 0.6 is 0 Å². The van der Waals surface area contributed by atoms with Gasteiger partial charge in [-0.1, -0.05) is 12.1 Å². The molecule has 3 N–H and O–H groups in total. The number of aromatic amines is 1. The molecule has 0 radical (unpaired) electrons. The number of ether oxygens (including phenoxy) is 1. The number of nitrogens with one attached hydrogen (secondary N) is 3. The van der Waals surface area contributed by atoms with Crippen LogP contribution in [0, 0.1) is 0 Å². The van der Waals surface area contributed by atoms with Gasteiger partial charge in [0.05, 0.1) is 17.1 Å². The van der Waals surface area contributed by atoms with Gasteiger partial charge >= 0.3 is 6.09 Å². The molecule has 0 bridgehead atoms. The Bertz CT molecular complexity index is 716. The third-order valence-electron chi connectivity index (χ3n) is 3.72. The Morgan fingerprint density at radius 1 is 1.23 bits per heavy atom. The highest BCUT2D eigenvalue weighted by atomic mass is 16.6. The summed E-state index contributed by atoms with van der Waals surface area (Å²) in [6.45, 7) is 7.61. The normalized spacial score (nSPS) is 12.6. The van der Waals surface area contributed by atoms with Gasteiger partial charge in [-0.3, -0.25) is 4.79 Å². The molecule has 1 atom stereocenters. The number of amides is 2. The second-order valence-electron chi connectivity index (χ2n) is 7.32. The summed E-state index contributed by atoms with van der Waals surface area (Å²) >= 11 is 0. The monoisotopic (exact) mass is 360 g/mol. The Labute approximate surface area is 153 Å². The van der Waals surface area contributed by atoms with Gasteiger partial charge in [-0.15, -0.1) is 0 Å². The Kier molecular flexibility index (Phi) is 6.60. The standard InChI is InChI=1S/C19H28N4O3/c1-13(24)20-12-8-7-11-16(23-18(25)26-19(2,3)4)17-21-14-9-5-6-10-15(14)22-17/h5-6,9-10,16H,7-8,11-12H2,1-4H3,(H,20,24)(H,21,22)(H,23,25)/t16-/m0/s1. The first kappa shape index (κ1) is 19.8. The highest BCUT2D eigenvalue weighted by Crippen LogP contribution is 2.21. The summed E-state index contributed by atoms with van der Waals surface area (Å²) in [5, 5.41) is 5.69. The lowest BCUT2D eigenvalue weighted by atomic mass is 10.1. The average molecular weight is 360 g/mol. The number of unbranched alkanes of at least 4 members (excludes halogenated alkanes) is 1. The molecule has 0 saturated heterocycles.